The lowest BCUT2D eigenvalue weighted by Gasteiger charge is -2.33. The molecule has 6 heteroatoms. The summed E-state index contributed by atoms with van der Waals surface area (Å²) in [6.45, 7) is 0.429. The molecule has 0 saturated carbocycles. The van der Waals surface area contributed by atoms with Gasteiger partial charge >= 0.3 is 0 Å². The van der Waals surface area contributed by atoms with Gasteiger partial charge < -0.3 is 10.6 Å². The second-order valence-corrected chi connectivity index (χ2v) is 5.37. The highest BCUT2D eigenvalue weighted by molar-refractivity contribution is 9.10. The van der Waals surface area contributed by atoms with Crippen LogP contribution in [0.15, 0.2) is 22.7 Å². The molecule has 1 aliphatic rings. The van der Waals surface area contributed by atoms with Crippen LogP contribution in [0.5, 0.6) is 0 Å². The van der Waals surface area contributed by atoms with Crippen molar-refractivity contribution in [2.75, 3.05) is 6.54 Å². The lowest BCUT2D eigenvalue weighted by Crippen LogP contribution is -2.50. The Morgan fingerprint density at radius 1 is 1.37 bits per heavy atom. The maximum atomic E-state index is 13.9. The summed E-state index contributed by atoms with van der Waals surface area (Å²) in [5.74, 6) is -1.63. The Kier molecular flexibility index (Phi) is 4.19. The molecule has 2 amide bonds. The Labute approximate surface area is 118 Å². The third-order valence-electron chi connectivity index (χ3n) is 3.27. The van der Waals surface area contributed by atoms with Crippen molar-refractivity contribution in [3.8, 4) is 0 Å². The fourth-order valence-corrected chi connectivity index (χ4v) is 2.66. The molecule has 2 rings (SSSR count). The van der Waals surface area contributed by atoms with Crippen LogP contribution >= 0.6 is 15.9 Å². The van der Waals surface area contributed by atoms with Crippen molar-refractivity contribution in [1.29, 1.82) is 0 Å². The Balaban J connectivity index is 2.31. The summed E-state index contributed by atoms with van der Waals surface area (Å²) in [5, 5.41) is 0. The van der Waals surface area contributed by atoms with Gasteiger partial charge in [0.25, 0.3) is 5.91 Å². The number of amides is 2. The number of hydrogen-bond acceptors (Lipinski definition) is 2. The third-order valence-corrected chi connectivity index (χ3v) is 3.89. The maximum Gasteiger partial charge on any atom is 0.257 e. The van der Waals surface area contributed by atoms with Crippen LogP contribution in [0.4, 0.5) is 4.39 Å². The maximum absolute atomic E-state index is 13.9. The zero-order chi connectivity index (χ0) is 14.0. The number of hydrogen-bond donors (Lipinski definition) is 1. The van der Waals surface area contributed by atoms with Crippen molar-refractivity contribution in [1.82, 2.24) is 4.90 Å². The molecule has 0 bridgehead atoms. The van der Waals surface area contributed by atoms with Crippen LogP contribution in [0.25, 0.3) is 0 Å². The topological polar surface area (TPSA) is 63.4 Å². The van der Waals surface area contributed by atoms with Crippen molar-refractivity contribution >= 4 is 27.7 Å². The van der Waals surface area contributed by atoms with Crippen molar-refractivity contribution < 1.29 is 14.0 Å². The Hall–Kier alpha value is -1.43. The highest BCUT2D eigenvalue weighted by Crippen LogP contribution is 2.24. The minimum Gasteiger partial charge on any atom is -0.368 e. The molecule has 1 saturated heterocycles. The lowest BCUT2D eigenvalue weighted by molar-refractivity contribution is -0.123. The van der Waals surface area contributed by atoms with Gasteiger partial charge in [-0.3, -0.25) is 9.59 Å². The van der Waals surface area contributed by atoms with Crippen LogP contribution in [0.1, 0.15) is 29.6 Å². The molecule has 1 atom stereocenters. The van der Waals surface area contributed by atoms with Gasteiger partial charge in [0.15, 0.2) is 0 Å². The Morgan fingerprint density at radius 2 is 2.11 bits per heavy atom. The number of likely N-dealkylation sites (tertiary alicyclic amines) is 1. The molecular formula is C13H14BrFN2O2. The molecule has 1 fully saturated rings. The first kappa shape index (κ1) is 14.0. The van der Waals surface area contributed by atoms with Gasteiger partial charge in [0.1, 0.15) is 11.9 Å². The van der Waals surface area contributed by atoms with Crippen LogP contribution in [-0.2, 0) is 4.79 Å². The average molecular weight is 329 g/mol. The summed E-state index contributed by atoms with van der Waals surface area (Å²) in [6.07, 6.45) is 2.18. The SMILES string of the molecule is NC(=O)C1CCCCN1C(=O)c1cccc(Br)c1F. The smallest absolute Gasteiger partial charge is 0.257 e. The Bertz CT molecular complexity index is 521. The van der Waals surface area contributed by atoms with E-state index >= 15 is 0 Å². The molecule has 0 radical (unpaired) electrons. The molecule has 1 unspecified atom stereocenters. The average Bonchev–Trinajstić information content (AvgIpc) is 2.41. The van der Waals surface area contributed by atoms with E-state index in [0.29, 0.717) is 13.0 Å². The largest absolute Gasteiger partial charge is 0.368 e. The van der Waals surface area contributed by atoms with E-state index < -0.39 is 23.7 Å². The van der Waals surface area contributed by atoms with E-state index in [4.69, 9.17) is 5.73 Å². The first-order valence-corrected chi connectivity index (χ1v) is 6.86. The molecule has 1 aliphatic heterocycles. The second kappa shape index (κ2) is 5.69. The summed E-state index contributed by atoms with van der Waals surface area (Å²) >= 11 is 3.05. The van der Waals surface area contributed by atoms with Crippen molar-refractivity contribution in [3.63, 3.8) is 0 Å². The number of rotatable bonds is 2. The monoisotopic (exact) mass is 328 g/mol. The lowest BCUT2D eigenvalue weighted by atomic mass is 10.00. The van der Waals surface area contributed by atoms with E-state index in [1.54, 1.807) is 6.07 Å². The molecular weight excluding hydrogens is 315 g/mol. The molecule has 1 heterocycles. The minimum absolute atomic E-state index is 0.0393. The fourth-order valence-electron chi connectivity index (χ4n) is 2.29. The first-order valence-electron chi connectivity index (χ1n) is 6.06. The van der Waals surface area contributed by atoms with Crippen molar-refractivity contribution in [3.05, 3.63) is 34.1 Å². The summed E-state index contributed by atoms with van der Waals surface area (Å²) in [6, 6.07) is 3.88. The molecule has 102 valence electrons. The van der Waals surface area contributed by atoms with Crippen molar-refractivity contribution in [2.45, 2.75) is 25.3 Å². The van der Waals surface area contributed by atoms with E-state index in [0.717, 1.165) is 12.8 Å². The van der Waals surface area contributed by atoms with Gasteiger partial charge in [-0.2, -0.15) is 0 Å². The predicted molar refractivity (Wildman–Crippen MR) is 72.0 cm³/mol. The summed E-state index contributed by atoms with van der Waals surface area (Å²) < 4.78 is 14.2. The quantitative estimate of drug-likeness (QED) is 0.903. The molecule has 2 N–H and O–H groups in total. The highest BCUT2D eigenvalue weighted by atomic mass is 79.9. The van der Waals surface area contributed by atoms with Gasteiger partial charge in [-0.1, -0.05) is 6.07 Å². The molecule has 4 nitrogen and oxygen atoms in total. The first-order chi connectivity index (χ1) is 9.02. The summed E-state index contributed by atoms with van der Waals surface area (Å²) in [7, 11) is 0. The molecule has 1 aromatic rings. The number of piperidine rings is 1. The number of primary amides is 1. The third kappa shape index (κ3) is 2.78. The van der Waals surface area contributed by atoms with E-state index in [1.807, 2.05) is 0 Å². The van der Waals surface area contributed by atoms with E-state index in [9.17, 15) is 14.0 Å². The van der Waals surface area contributed by atoms with Gasteiger partial charge in [0, 0.05) is 6.54 Å². The number of nitrogens with two attached hydrogens (primary N) is 1. The number of nitrogens with zero attached hydrogens (tertiary/aromatic N) is 1. The van der Waals surface area contributed by atoms with E-state index in [2.05, 4.69) is 15.9 Å². The number of halogens is 2. The molecule has 1 aromatic carbocycles. The van der Waals surface area contributed by atoms with Gasteiger partial charge in [-0.25, -0.2) is 4.39 Å². The zero-order valence-corrected chi connectivity index (χ0v) is 11.8. The van der Waals surface area contributed by atoms with Crippen LogP contribution in [0.2, 0.25) is 0 Å². The van der Waals surface area contributed by atoms with Gasteiger partial charge in [0.05, 0.1) is 10.0 Å². The Morgan fingerprint density at radius 3 is 2.79 bits per heavy atom. The van der Waals surface area contributed by atoms with Crippen LogP contribution in [-0.4, -0.2) is 29.3 Å². The van der Waals surface area contributed by atoms with Crippen LogP contribution in [0.3, 0.4) is 0 Å². The highest BCUT2D eigenvalue weighted by Gasteiger charge is 2.32. The summed E-state index contributed by atoms with van der Waals surface area (Å²) in [5.41, 5.74) is 5.27. The van der Waals surface area contributed by atoms with Crippen LogP contribution < -0.4 is 5.73 Å². The molecule has 0 aromatic heterocycles. The standard InChI is InChI=1S/C13H14BrFN2O2/c14-9-5-3-4-8(11(9)15)13(19)17-7-2-1-6-10(17)12(16)18/h3-5,10H,1-2,6-7H2,(H2,16,18). The minimum atomic E-state index is -0.639. The van der Waals surface area contributed by atoms with Crippen LogP contribution in [0, 0.1) is 5.82 Å². The second-order valence-electron chi connectivity index (χ2n) is 4.51. The van der Waals surface area contributed by atoms with E-state index in [1.165, 1.54) is 17.0 Å². The van der Waals surface area contributed by atoms with Gasteiger partial charge in [0.2, 0.25) is 5.91 Å². The van der Waals surface area contributed by atoms with E-state index in [-0.39, 0.29) is 10.0 Å². The zero-order valence-electron chi connectivity index (χ0n) is 10.2. The fraction of sp³-hybridized carbons (Fsp3) is 0.385. The van der Waals surface area contributed by atoms with Gasteiger partial charge in [-0.15, -0.1) is 0 Å². The molecule has 0 spiro atoms. The molecule has 19 heavy (non-hydrogen) atoms. The number of carbonyl (C=O) groups is 2. The normalized spacial score (nSPS) is 19.3. The number of benzene rings is 1. The number of carbonyl (C=O) groups excluding carboxylic acids is 2. The van der Waals surface area contributed by atoms with Crippen molar-refractivity contribution in [2.24, 2.45) is 5.73 Å². The molecule has 0 aliphatic carbocycles. The predicted octanol–water partition coefficient (Wildman–Crippen LogP) is 2.07. The summed E-state index contributed by atoms with van der Waals surface area (Å²) in [4.78, 5) is 25.1. The van der Waals surface area contributed by atoms with Gasteiger partial charge in [-0.05, 0) is 47.3 Å².